The normalized spacial score (nSPS) is 20.9. The lowest BCUT2D eigenvalue weighted by Gasteiger charge is -2.39. The summed E-state index contributed by atoms with van der Waals surface area (Å²) in [7, 11) is 1.87. The molecule has 3 N–H and O–H groups in total. The van der Waals surface area contributed by atoms with Gasteiger partial charge >= 0.3 is 0 Å². The number of aryl methyl sites for hydroxylation is 1. The van der Waals surface area contributed by atoms with E-state index in [-0.39, 0.29) is 11.9 Å². The number of likely N-dealkylation sites (tertiary alicyclic amines) is 1. The summed E-state index contributed by atoms with van der Waals surface area (Å²) in [6, 6.07) is 19.5. The van der Waals surface area contributed by atoms with Gasteiger partial charge in [-0.3, -0.25) is 14.4 Å². The quantitative estimate of drug-likeness (QED) is 0.201. The van der Waals surface area contributed by atoms with E-state index in [4.69, 9.17) is 0 Å². The molecule has 0 aliphatic carbocycles. The largest absolute Gasteiger partial charge is 0.385 e. The van der Waals surface area contributed by atoms with Crippen LogP contribution < -0.4 is 15.5 Å². The number of aromatic nitrogens is 5. The zero-order valence-electron chi connectivity index (χ0n) is 30.4. The third kappa shape index (κ3) is 6.87. The van der Waals surface area contributed by atoms with Crippen LogP contribution in [0.3, 0.4) is 0 Å². The van der Waals surface area contributed by atoms with Crippen molar-refractivity contribution >= 4 is 34.4 Å². The van der Waals surface area contributed by atoms with Crippen LogP contribution in [0.5, 0.6) is 0 Å². The number of carbonyl (C=O) groups is 1. The summed E-state index contributed by atoms with van der Waals surface area (Å²) in [6.45, 7) is 7.12. The minimum atomic E-state index is -0.857. The van der Waals surface area contributed by atoms with E-state index in [1.165, 1.54) is 16.8 Å². The van der Waals surface area contributed by atoms with Gasteiger partial charge < -0.3 is 25.5 Å². The van der Waals surface area contributed by atoms with Gasteiger partial charge in [-0.1, -0.05) is 30.3 Å². The standard InChI is InChI=1S/C41H48N10O2/c1-48-38-32(24-45-48)23-44-40(47-38)46-37-11-6-30(22-43-37)29-12-17-50(18-13-29)34-8-4-28(5-9-34)26-49-19-14-41(53,15-20-49)33-7-10-36-31(21-33)27-51(39(36)52)35-3-2-16-42-25-35/h4-11,21-24,29,35,42,53H,2-3,12-20,25-27H2,1H3,(H,43,44,46,47). The Hall–Kier alpha value is -4.91. The summed E-state index contributed by atoms with van der Waals surface area (Å²) in [4.78, 5) is 33.8. The summed E-state index contributed by atoms with van der Waals surface area (Å²) in [5.41, 5.74) is 6.58. The zero-order chi connectivity index (χ0) is 35.9. The first-order valence-electron chi connectivity index (χ1n) is 19.2. The van der Waals surface area contributed by atoms with Gasteiger partial charge in [0, 0.05) is 82.5 Å². The molecule has 0 radical (unpaired) electrons. The van der Waals surface area contributed by atoms with Crippen molar-refractivity contribution in [3.05, 3.63) is 101 Å². The second kappa shape index (κ2) is 14.1. The average Bonchev–Trinajstić information content (AvgIpc) is 3.75. The number of nitrogens with one attached hydrogen (secondary N) is 2. The number of carbonyl (C=O) groups excluding carboxylic acids is 1. The molecule has 1 amide bonds. The predicted molar refractivity (Wildman–Crippen MR) is 205 cm³/mol. The lowest BCUT2D eigenvalue weighted by Crippen LogP contribution is -2.46. The van der Waals surface area contributed by atoms with Crippen LogP contribution in [0, 0.1) is 0 Å². The summed E-state index contributed by atoms with van der Waals surface area (Å²) in [6.07, 6.45) is 11.2. The molecule has 9 rings (SSSR count). The van der Waals surface area contributed by atoms with Gasteiger partial charge in [0.1, 0.15) is 5.82 Å². The molecule has 7 heterocycles. The Morgan fingerprint density at radius 2 is 1.77 bits per heavy atom. The highest BCUT2D eigenvalue weighted by atomic mass is 16.3. The molecule has 4 aliphatic rings. The summed E-state index contributed by atoms with van der Waals surface area (Å²) in [5, 5.41) is 23.6. The summed E-state index contributed by atoms with van der Waals surface area (Å²) >= 11 is 0. The first kappa shape index (κ1) is 33.9. The molecule has 0 bridgehead atoms. The van der Waals surface area contributed by atoms with Crippen molar-refractivity contribution in [2.24, 2.45) is 7.05 Å². The van der Waals surface area contributed by atoms with Gasteiger partial charge in [0.2, 0.25) is 5.95 Å². The number of amides is 1. The first-order valence-corrected chi connectivity index (χ1v) is 19.2. The number of fused-ring (bicyclic) bond motifs is 2. The molecule has 0 spiro atoms. The average molecular weight is 713 g/mol. The molecule has 4 aliphatic heterocycles. The number of piperidine rings is 3. The van der Waals surface area contributed by atoms with Gasteiger partial charge in [-0.05, 0) is 97.5 Å². The molecule has 3 saturated heterocycles. The number of hydrogen-bond donors (Lipinski definition) is 3. The second-order valence-electron chi connectivity index (χ2n) is 15.4. The van der Waals surface area contributed by atoms with Gasteiger partial charge in [-0.25, -0.2) is 9.97 Å². The van der Waals surface area contributed by atoms with Crippen LogP contribution in [0.4, 0.5) is 17.5 Å². The van der Waals surface area contributed by atoms with Crippen LogP contribution in [0.2, 0.25) is 0 Å². The van der Waals surface area contributed by atoms with Crippen LogP contribution >= 0.6 is 0 Å². The van der Waals surface area contributed by atoms with E-state index in [9.17, 15) is 9.90 Å². The molecule has 1 unspecified atom stereocenters. The Bertz CT molecular complexity index is 2080. The molecule has 0 saturated carbocycles. The third-order valence-corrected chi connectivity index (χ3v) is 12.0. The number of hydrogen-bond acceptors (Lipinski definition) is 10. The molecule has 3 aromatic heterocycles. The zero-order valence-corrected chi connectivity index (χ0v) is 30.4. The molecule has 12 heteroatoms. The Morgan fingerprint density at radius 1 is 0.943 bits per heavy atom. The van der Waals surface area contributed by atoms with Gasteiger partial charge in [-0.15, -0.1) is 0 Å². The molecule has 53 heavy (non-hydrogen) atoms. The maximum absolute atomic E-state index is 13.2. The van der Waals surface area contributed by atoms with E-state index < -0.39 is 5.60 Å². The van der Waals surface area contributed by atoms with Gasteiger partial charge in [0.25, 0.3) is 5.91 Å². The summed E-state index contributed by atoms with van der Waals surface area (Å²) in [5.74, 6) is 1.86. The monoisotopic (exact) mass is 712 g/mol. The van der Waals surface area contributed by atoms with E-state index in [2.05, 4.69) is 76.9 Å². The topological polar surface area (TPSA) is 128 Å². The van der Waals surface area contributed by atoms with Crippen LogP contribution in [0.15, 0.2) is 73.2 Å². The minimum Gasteiger partial charge on any atom is -0.385 e. The van der Waals surface area contributed by atoms with E-state index in [1.807, 2.05) is 36.3 Å². The molecular formula is C41H48N10O2. The Labute approximate surface area is 310 Å². The fourth-order valence-electron chi connectivity index (χ4n) is 8.77. The number of rotatable bonds is 8. The molecule has 1 atom stereocenters. The van der Waals surface area contributed by atoms with Crippen LogP contribution in [-0.4, -0.2) is 90.9 Å². The lowest BCUT2D eigenvalue weighted by molar-refractivity contribution is -0.0278. The van der Waals surface area contributed by atoms with Crippen molar-refractivity contribution in [1.29, 1.82) is 0 Å². The lowest BCUT2D eigenvalue weighted by atomic mass is 9.83. The summed E-state index contributed by atoms with van der Waals surface area (Å²) < 4.78 is 1.74. The molecule has 2 aromatic carbocycles. The minimum absolute atomic E-state index is 0.137. The Kier molecular flexibility index (Phi) is 9.05. The SMILES string of the molecule is Cn1ncc2cnc(Nc3ccc(C4CCN(c5ccc(CN6CCC(O)(c7ccc8c(c7)CN(C7CCCNC7)C8=O)CC6)cc5)CC4)cn3)nc21. The van der Waals surface area contributed by atoms with Crippen molar-refractivity contribution in [3.8, 4) is 0 Å². The highest BCUT2D eigenvalue weighted by molar-refractivity contribution is 5.98. The maximum Gasteiger partial charge on any atom is 0.254 e. The molecule has 5 aromatic rings. The van der Waals surface area contributed by atoms with Gasteiger partial charge in [0.15, 0.2) is 5.65 Å². The second-order valence-corrected chi connectivity index (χ2v) is 15.4. The Morgan fingerprint density at radius 3 is 2.53 bits per heavy atom. The number of pyridine rings is 1. The predicted octanol–water partition coefficient (Wildman–Crippen LogP) is 5.08. The van der Waals surface area contributed by atoms with Gasteiger partial charge in [-0.2, -0.15) is 10.1 Å². The first-order chi connectivity index (χ1) is 25.9. The van der Waals surface area contributed by atoms with Crippen LogP contribution in [-0.2, 0) is 25.7 Å². The van der Waals surface area contributed by atoms with E-state index >= 15 is 0 Å². The molecule has 12 nitrogen and oxygen atoms in total. The van der Waals surface area contributed by atoms with E-state index in [0.717, 1.165) is 105 Å². The van der Waals surface area contributed by atoms with E-state index in [0.29, 0.717) is 31.3 Å². The fraction of sp³-hybridized carbons (Fsp3) is 0.439. The maximum atomic E-state index is 13.2. The van der Waals surface area contributed by atoms with Crippen molar-refractivity contribution in [3.63, 3.8) is 0 Å². The van der Waals surface area contributed by atoms with E-state index in [1.54, 1.807) is 17.1 Å². The third-order valence-electron chi connectivity index (χ3n) is 12.0. The van der Waals surface area contributed by atoms with Crippen molar-refractivity contribution in [2.75, 3.05) is 49.5 Å². The number of anilines is 3. The molecule has 274 valence electrons. The Balaban J connectivity index is 0.747. The van der Waals surface area contributed by atoms with Crippen molar-refractivity contribution in [2.45, 2.75) is 69.2 Å². The molecule has 3 fully saturated rings. The smallest absolute Gasteiger partial charge is 0.254 e. The fourth-order valence-corrected chi connectivity index (χ4v) is 8.77. The highest BCUT2D eigenvalue weighted by Crippen LogP contribution is 2.37. The number of nitrogens with zero attached hydrogens (tertiary/aromatic N) is 8. The van der Waals surface area contributed by atoms with Gasteiger partial charge in [0.05, 0.1) is 17.2 Å². The van der Waals surface area contributed by atoms with Crippen LogP contribution in [0.25, 0.3) is 11.0 Å². The van der Waals surface area contributed by atoms with Crippen molar-refractivity contribution in [1.82, 2.24) is 39.8 Å². The number of aliphatic hydroxyl groups is 1. The van der Waals surface area contributed by atoms with Crippen molar-refractivity contribution < 1.29 is 9.90 Å². The molecular weight excluding hydrogens is 665 g/mol. The van der Waals surface area contributed by atoms with Crippen LogP contribution in [0.1, 0.15) is 77.1 Å². The number of benzene rings is 2. The highest BCUT2D eigenvalue weighted by Gasteiger charge is 2.38.